The van der Waals surface area contributed by atoms with Crippen LogP contribution in [0.5, 0.6) is 0 Å². The molecule has 1 amide bonds. The fraction of sp³-hybridized carbons (Fsp3) is 0.375. The first kappa shape index (κ1) is 13.9. The van der Waals surface area contributed by atoms with Crippen molar-refractivity contribution in [1.29, 1.82) is 0 Å². The quantitative estimate of drug-likeness (QED) is 0.782. The van der Waals surface area contributed by atoms with E-state index in [0.29, 0.717) is 12.1 Å². The van der Waals surface area contributed by atoms with Crippen LogP contribution in [0, 0.1) is 6.92 Å². The summed E-state index contributed by atoms with van der Waals surface area (Å²) in [6, 6.07) is 3.71. The molecule has 1 N–H and O–H groups in total. The highest BCUT2D eigenvalue weighted by Gasteiger charge is 2.27. The number of amides is 1. The van der Waals surface area contributed by atoms with E-state index in [1.807, 2.05) is 40.8 Å². The molecule has 0 spiro atoms. The number of piperidine rings is 1. The van der Waals surface area contributed by atoms with E-state index in [0.717, 1.165) is 36.7 Å². The highest BCUT2D eigenvalue weighted by molar-refractivity contribution is 5.94. The maximum Gasteiger partial charge on any atom is 0.255 e. The van der Waals surface area contributed by atoms with Gasteiger partial charge in [0.25, 0.3) is 5.91 Å². The van der Waals surface area contributed by atoms with Crippen LogP contribution < -0.4 is 0 Å². The normalized spacial score (nSPS) is 18.5. The van der Waals surface area contributed by atoms with Gasteiger partial charge in [0.05, 0.1) is 5.56 Å². The van der Waals surface area contributed by atoms with Gasteiger partial charge in [0.15, 0.2) is 5.82 Å². The van der Waals surface area contributed by atoms with Crippen molar-refractivity contribution >= 4 is 11.6 Å². The summed E-state index contributed by atoms with van der Waals surface area (Å²) in [5, 5.41) is 7.14. The molecule has 7 nitrogen and oxygen atoms in total. The molecule has 4 rings (SSSR count). The van der Waals surface area contributed by atoms with E-state index in [1.54, 1.807) is 6.20 Å². The molecule has 1 atom stereocenters. The molecule has 23 heavy (non-hydrogen) atoms. The highest BCUT2D eigenvalue weighted by Crippen LogP contribution is 2.25. The third kappa shape index (κ3) is 2.58. The van der Waals surface area contributed by atoms with Gasteiger partial charge in [-0.1, -0.05) is 0 Å². The number of hydrogen-bond acceptors (Lipinski definition) is 4. The fourth-order valence-corrected chi connectivity index (χ4v) is 3.14. The van der Waals surface area contributed by atoms with Crippen LogP contribution in [0.3, 0.4) is 0 Å². The van der Waals surface area contributed by atoms with Crippen LogP contribution in [0.1, 0.15) is 40.8 Å². The predicted octanol–water partition coefficient (Wildman–Crippen LogP) is 1.78. The molecular formula is C16H18N6O. The number of aryl methyl sites for hydroxylation is 1. The SMILES string of the molecule is Cc1nc([C@H]2CCCN(C(=O)c3ccc4nccn4c3)C2)n[nH]1. The lowest BCUT2D eigenvalue weighted by atomic mass is 9.97. The number of fused-ring (bicyclic) bond motifs is 1. The van der Waals surface area contributed by atoms with Crippen molar-refractivity contribution in [2.75, 3.05) is 13.1 Å². The zero-order valence-electron chi connectivity index (χ0n) is 12.9. The van der Waals surface area contributed by atoms with Crippen LogP contribution in [-0.4, -0.2) is 48.5 Å². The van der Waals surface area contributed by atoms with Crippen LogP contribution in [0.15, 0.2) is 30.7 Å². The van der Waals surface area contributed by atoms with Crippen LogP contribution >= 0.6 is 0 Å². The Morgan fingerprint density at radius 3 is 3.13 bits per heavy atom. The van der Waals surface area contributed by atoms with Gasteiger partial charge in [-0.15, -0.1) is 0 Å². The third-order valence-electron chi connectivity index (χ3n) is 4.32. The van der Waals surface area contributed by atoms with E-state index in [1.165, 1.54) is 0 Å². The molecule has 1 aliphatic rings. The van der Waals surface area contributed by atoms with Gasteiger partial charge >= 0.3 is 0 Å². The Bertz CT molecular complexity index is 851. The van der Waals surface area contributed by atoms with E-state index in [-0.39, 0.29) is 11.8 Å². The molecule has 1 aliphatic heterocycles. The second-order valence-electron chi connectivity index (χ2n) is 5.98. The van der Waals surface area contributed by atoms with Crippen molar-refractivity contribution in [3.8, 4) is 0 Å². The summed E-state index contributed by atoms with van der Waals surface area (Å²) in [6.07, 6.45) is 7.40. The number of imidazole rings is 1. The van der Waals surface area contributed by atoms with Crippen molar-refractivity contribution in [2.24, 2.45) is 0 Å². The Balaban J connectivity index is 1.55. The van der Waals surface area contributed by atoms with Gasteiger partial charge in [-0.3, -0.25) is 9.89 Å². The minimum atomic E-state index is 0.0533. The Morgan fingerprint density at radius 1 is 1.39 bits per heavy atom. The van der Waals surface area contributed by atoms with E-state index in [2.05, 4.69) is 20.2 Å². The van der Waals surface area contributed by atoms with E-state index < -0.39 is 0 Å². The largest absolute Gasteiger partial charge is 0.338 e. The Labute approximate surface area is 133 Å². The lowest BCUT2D eigenvalue weighted by molar-refractivity contribution is 0.0704. The van der Waals surface area contributed by atoms with Gasteiger partial charge in [-0.2, -0.15) is 5.10 Å². The molecule has 118 valence electrons. The Hall–Kier alpha value is -2.70. The summed E-state index contributed by atoms with van der Waals surface area (Å²) in [6.45, 7) is 3.33. The zero-order valence-corrected chi connectivity index (χ0v) is 12.9. The van der Waals surface area contributed by atoms with E-state index in [9.17, 15) is 4.79 Å². The van der Waals surface area contributed by atoms with Gasteiger partial charge in [0, 0.05) is 37.6 Å². The molecule has 0 aliphatic carbocycles. The van der Waals surface area contributed by atoms with Gasteiger partial charge in [-0.25, -0.2) is 9.97 Å². The molecule has 0 radical (unpaired) electrons. The summed E-state index contributed by atoms with van der Waals surface area (Å²) >= 11 is 0. The molecular weight excluding hydrogens is 292 g/mol. The number of likely N-dealkylation sites (tertiary alicyclic amines) is 1. The van der Waals surface area contributed by atoms with Gasteiger partial charge < -0.3 is 9.30 Å². The smallest absolute Gasteiger partial charge is 0.255 e. The van der Waals surface area contributed by atoms with Crippen molar-refractivity contribution in [1.82, 2.24) is 29.5 Å². The molecule has 7 heteroatoms. The summed E-state index contributed by atoms with van der Waals surface area (Å²) < 4.78 is 1.87. The summed E-state index contributed by atoms with van der Waals surface area (Å²) in [5.74, 6) is 1.88. The van der Waals surface area contributed by atoms with Crippen LogP contribution in [0.4, 0.5) is 0 Å². The second-order valence-corrected chi connectivity index (χ2v) is 5.98. The number of aromatic nitrogens is 5. The molecule has 1 saturated heterocycles. The fourth-order valence-electron chi connectivity index (χ4n) is 3.14. The number of pyridine rings is 1. The maximum atomic E-state index is 12.8. The number of nitrogens with one attached hydrogen (secondary N) is 1. The topological polar surface area (TPSA) is 79.2 Å². The van der Waals surface area contributed by atoms with Crippen LogP contribution in [0.25, 0.3) is 5.65 Å². The molecule has 4 heterocycles. The molecule has 3 aromatic rings. The molecule has 0 saturated carbocycles. The summed E-state index contributed by atoms with van der Waals surface area (Å²) in [4.78, 5) is 23.3. The monoisotopic (exact) mass is 310 g/mol. The van der Waals surface area contributed by atoms with Crippen molar-refractivity contribution in [2.45, 2.75) is 25.7 Å². The van der Waals surface area contributed by atoms with Crippen LogP contribution in [0.2, 0.25) is 0 Å². The second kappa shape index (κ2) is 5.49. The maximum absolute atomic E-state index is 12.8. The Morgan fingerprint density at radius 2 is 2.30 bits per heavy atom. The highest BCUT2D eigenvalue weighted by atomic mass is 16.2. The predicted molar refractivity (Wildman–Crippen MR) is 84.2 cm³/mol. The minimum absolute atomic E-state index is 0.0533. The number of carbonyl (C=O) groups excluding carboxylic acids is 1. The van der Waals surface area contributed by atoms with Gasteiger partial charge in [-0.05, 0) is 31.9 Å². The first-order chi connectivity index (χ1) is 11.2. The number of nitrogens with zero attached hydrogens (tertiary/aromatic N) is 5. The number of H-pyrrole nitrogens is 1. The third-order valence-corrected chi connectivity index (χ3v) is 4.32. The number of rotatable bonds is 2. The summed E-state index contributed by atoms with van der Waals surface area (Å²) in [7, 11) is 0. The van der Waals surface area contributed by atoms with Crippen molar-refractivity contribution in [3.63, 3.8) is 0 Å². The number of carbonyl (C=O) groups is 1. The zero-order chi connectivity index (χ0) is 15.8. The molecule has 0 bridgehead atoms. The first-order valence-electron chi connectivity index (χ1n) is 7.81. The average molecular weight is 310 g/mol. The van der Waals surface area contributed by atoms with Gasteiger partial charge in [0.2, 0.25) is 0 Å². The van der Waals surface area contributed by atoms with Crippen molar-refractivity contribution < 1.29 is 4.79 Å². The van der Waals surface area contributed by atoms with Crippen molar-refractivity contribution in [3.05, 3.63) is 47.9 Å². The standard InChI is InChI=1S/C16H18N6O/c1-11-18-15(20-19-11)12-3-2-7-22(9-12)16(23)13-4-5-14-17-6-8-21(14)10-13/h4-6,8,10,12H,2-3,7,9H2,1H3,(H,18,19,20)/t12-/m0/s1. The van der Waals surface area contributed by atoms with Crippen LogP contribution in [-0.2, 0) is 0 Å². The number of hydrogen-bond donors (Lipinski definition) is 1. The summed E-state index contributed by atoms with van der Waals surface area (Å²) in [5.41, 5.74) is 1.52. The van der Waals surface area contributed by atoms with Gasteiger partial charge in [0.1, 0.15) is 11.5 Å². The van der Waals surface area contributed by atoms with E-state index in [4.69, 9.17) is 0 Å². The lowest BCUT2D eigenvalue weighted by Gasteiger charge is -2.31. The molecule has 3 aromatic heterocycles. The molecule has 0 aromatic carbocycles. The van der Waals surface area contributed by atoms with E-state index >= 15 is 0 Å². The number of aromatic amines is 1. The minimum Gasteiger partial charge on any atom is -0.338 e. The lowest BCUT2D eigenvalue weighted by Crippen LogP contribution is -2.39. The molecule has 0 unspecified atom stereocenters. The Kier molecular flexibility index (Phi) is 3.33. The average Bonchev–Trinajstić information content (AvgIpc) is 3.22. The first-order valence-corrected chi connectivity index (χ1v) is 7.81. The molecule has 1 fully saturated rings.